The quantitative estimate of drug-likeness (QED) is 0.881. The van der Waals surface area contributed by atoms with Gasteiger partial charge in [-0.2, -0.15) is 0 Å². The molecule has 1 heterocycles. The standard InChI is InChI=1S/C15H23FN2/c1-3-11-5-4-6-12(9-11)15(17-2)14-8-7-13(16)10-18-14/h7-8,10-12,15,17H,3-6,9H2,1-2H3. The molecule has 3 heteroatoms. The molecule has 3 unspecified atom stereocenters. The Morgan fingerprint density at radius 3 is 2.89 bits per heavy atom. The summed E-state index contributed by atoms with van der Waals surface area (Å²) in [6, 6.07) is 3.58. The normalized spacial score (nSPS) is 25.9. The average Bonchev–Trinajstić information content (AvgIpc) is 2.42. The van der Waals surface area contributed by atoms with Crippen molar-refractivity contribution >= 4 is 0 Å². The molecular weight excluding hydrogens is 227 g/mol. The van der Waals surface area contributed by atoms with Crippen LogP contribution in [0.25, 0.3) is 0 Å². The van der Waals surface area contributed by atoms with E-state index in [1.54, 1.807) is 0 Å². The Morgan fingerprint density at radius 1 is 1.44 bits per heavy atom. The second kappa shape index (κ2) is 6.28. The molecule has 1 fully saturated rings. The van der Waals surface area contributed by atoms with E-state index in [-0.39, 0.29) is 11.9 Å². The molecule has 0 bridgehead atoms. The first kappa shape index (κ1) is 13.5. The van der Waals surface area contributed by atoms with Crippen LogP contribution in [0.15, 0.2) is 18.3 Å². The molecule has 0 aromatic carbocycles. The minimum Gasteiger partial charge on any atom is -0.311 e. The number of pyridine rings is 1. The smallest absolute Gasteiger partial charge is 0.141 e. The van der Waals surface area contributed by atoms with Crippen molar-refractivity contribution in [1.29, 1.82) is 0 Å². The highest BCUT2D eigenvalue weighted by atomic mass is 19.1. The van der Waals surface area contributed by atoms with Gasteiger partial charge in [0.25, 0.3) is 0 Å². The van der Waals surface area contributed by atoms with Gasteiger partial charge in [0.1, 0.15) is 5.82 Å². The van der Waals surface area contributed by atoms with Gasteiger partial charge in [-0.25, -0.2) is 4.39 Å². The van der Waals surface area contributed by atoms with E-state index in [1.807, 2.05) is 13.1 Å². The summed E-state index contributed by atoms with van der Waals surface area (Å²) < 4.78 is 12.9. The number of nitrogens with one attached hydrogen (secondary N) is 1. The van der Waals surface area contributed by atoms with Gasteiger partial charge in [0.15, 0.2) is 0 Å². The van der Waals surface area contributed by atoms with Crippen molar-refractivity contribution in [3.63, 3.8) is 0 Å². The minimum absolute atomic E-state index is 0.260. The number of nitrogens with zero attached hydrogens (tertiary/aromatic N) is 1. The molecule has 1 aromatic rings. The highest BCUT2D eigenvalue weighted by molar-refractivity contribution is 5.11. The molecule has 0 amide bonds. The molecule has 1 aliphatic carbocycles. The molecule has 2 nitrogen and oxygen atoms in total. The van der Waals surface area contributed by atoms with E-state index in [4.69, 9.17) is 0 Å². The summed E-state index contributed by atoms with van der Waals surface area (Å²) in [6.07, 6.45) is 7.77. The molecule has 3 atom stereocenters. The number of hydrogen-bond acceptors (Lipinski definition) is 2. The zero-order valence-corrected chi connectivity index (χ0v) is 11.3. The summed E-state index contributed by atoms with van der Waals surface area (Å²) in [5, 5.41) is 3.37. The third-order valence-corrected chi connectivity index (χ3v) is 4.25. The second-order valence-electron chi connectivity index (χ2n) is 5.37. The highest BCUT2D eigenvalue weighted by Crippen LogP contribution is 2.37. The lowest BCUT2D eigenvalue weighted by atomic mass is 9.76. The number of hydrogen-bond donors (Lipinski definition) is 1. The molecule has 1 aliphatic rings. The van der Waals surface area contributed by atoms with Gasteiger partial charge in [-0.05, 0) is 43.9 Å². The van der Waals surface area contributed by atoms with Gasteiger partial charge in [-0.1, -0.05) is 26.2 Å². The largest absolute Gasteiger partial charge is 0.311 e. The number of aromatic nitrogens is 1. The van der Waals surface area contributed by atoms with Gasteiger partial charge in [-0.3, -0.25) is 4.98 Å². The summed E-state index contributed by atoms with van der Waals surface area (Å²) in [7, 11) is 1.98. The molecule has 1 N–H and O–H groups in total. The van der Waals surface area contributed by atoms with Crippen LogP contribution in [0.5, 0.6) is 0 Å². The van der Waals surface area contributed by atoms with Gasteiger partial charge >= 0.3 is 0 Å². The van der Waals surface area contributed by atoms with E-state index in [0.717, 1.165) is 11.6 Å². The third-order valence-electron chi connectivity index (χ3n) is 4.25. The topological polar surface area (TPSA) is 24.9 Å². The van der Waals surface area contributed by atoms with E-state index < -0.39 is 0 Å². The van der Waals surface area contributed by atoms with Crippen molar-refractivity contribution in [1.82, 2.24) is 10.3 Å². The molecule has 18 heavy (non-hydrogen) atoms. The molecular formula is C15H23FN2. The Balaban J connectivity index is 2.10. The van der Waals surface area contributed by atoms with Gasteiger partial charge in [0.2, 0.25) is 0 Å². The fraction of sp³-hybridized carbons (Fsp3) is 0.667. The van der Waals surface area contributed by atoms with Crippen LogP contribution in [-0.2, 0) is 0 Å². The predicted molar refractivity (Wildman–Crippen MR) is 71.7 cm³/mol. The first-order valence-electron chi connectivity index (χ1n) is 7.03. The van der Waals surface area contributed by atoms with E-state index in [0.29, 0.717) is 5.92 Å². The van der Waals surface area contributed by atoms with Crippen LogP contribution in [0, 0.1) is 17.7 Å². The van der Waals surface area contributed by atoms with Crippen LogP contribution in [-0.4, -0.2) is 12.0 Å². The number of halogens is 1. The summed E-state index contributed by atoms with van der Waals surface area (Å²) in [5.41, 5.74) is 0.973. The second-order valence-corrected chi connectivity index (χ2v) is 5.37. The Bertz CT molecular complexity index is 363. The SMILES string of the molecule is CCC1CCCC(C(NC)c2ccc(F)cn2)C1. The van der Waals surface area contributed by atoms with E-state index in [9.17, 15) is 4.39 Å². The van der Waals surface area contributed by atoms with Gasteiger partial charge in [0, 0.05) is 0 Å². The maximum Gasteiger partial charge on any atom is 0.141 e. The molecule has 0 spiro atoms. The fourth-order valence-electron chi connectivity index (χ4n) is 3.20. The molecule has 2 rings (SSSR count). The van der Waals surface area contributed by atoms with Crippen LogP contribution in [0.2, 0.25) is 0 Å². The van der Waals surface area contributed by atoms with Crippen LogP contribution in [0.4, 0.5) is 4.39 Å². The summed E-state index contributed by atoms with van der Waals surface area (Å²) in [4.78, 5) is 4.24. The molecule has 1 saturated carbocycles. The first-order valence-corrected chi connectivity index (χ1v) is 7.03. The lowest BCUT2D eigenvalue weighted by Gasteiger charge is -2.33. The molecule has 0 aliphatic heterocycles. The molecule has 100 valence electrons. The van der Waals surface area contributed by atoms with E-state index >= 15 is 0 Å². The lowest BCUT2D eigenvalue weighted by Crippen LogP contribution is -2.30. The Morgan fingerprint density at radius 2 is 2.28 bits per heavy atom. The zero-order chi connectivity index (χ0) is 13.0. The van der Waals surface area contributed by atoms with Gasteiger partial charge in [-0.15, -0.1) is 0 Å². The fourth-order valence-corrected chi connectivity index (χ4v) is 3.20. The Hall–Kier alpha value is -0.960. The highest BCUT2D eigenvalue weighted by Gasteiger charge is 2.28. The van der Waals surface area contributed by atoms with Crippen LogP contribution < -0.4 is 5.32 Å². The van der Waals surface area contributed by atoms with Crippen molar-refractivity contribution in [2.75, 3.05) is 7.05 Å². The summed E-state index contributed by atoms with van der Waals surface area (Å²) in [5.74, 6) is 1.22. The van der Waals surface area contributed by atoms with Gasteiger partial charge in [0.05, 0.1) is 17.9 Å². The minimum atomic E-state index is -0.260. The Labute approximate surface area is 109 Å². The van der Waals surface area contributed by atoms with Crippen LogP contribution in [0.1, 0.15) is 50.8 Å². The van der Waals surface area contributed by atoms with E-state index in [1.165, 1.54) is 44.4 Å². The first-order chi connectivity index (χ1) is 8.74. The summed E-state index contributed by atoms with van der Waals surface area (Å²) >= 11 is 0. The predicted octanol–water partition coefficient (Wildman–Crippen LogP) is 3.70. The van der Waals surface area contributed by atoms with Gasteiger partial charge < -0.3 is 5.32 Å². The van der Waals surface area contributed by atoms with Crippen molar-refractivity contribution in [2.45, 2.75) is 45.1 Å². The van der Waals surface area contributed by atoms with Crippen molar-refractivity contribution in [3.8, 4) is 0 Å². The molecule has 0 radical (unpaired) electrons. The number of rotatable bonds is 4. The monoisotopic (exact) mass is 250 g/mol. The van der Waals surface area contributed by atoms with Crippen molar-refractivity contribution in [2.24, 2.45) is 11.8 Å². The Kier molecular flexibility index (Phi) is 4.70. The molecule has 1 aromatic heterocycles. The van der Waals surface area contributed by atoms with Crippen LogP contribution in [0.3, 0.4) is 0 Å². The van der Waals surface area contributed by atoms with E-state index in [2.05, 4.69) is 17.2 Å². The third kappa shape index (κ3) is 3.08. The summed E-state index contributed by atoms with van der Waals surface area (Å²) in [6.45, 7) is 2.28. The maximum absolute atomic E-state index is 12.9. The van der Waals surface area contributed by atoms with Crippen molar-refractivity contribution in [3.05, 3.63) is 29.8 Å². The molecule has 0 saturated heterocycles. The average molecular weight is 250 g/mol. The zero-order valence-electron chi connectivity index (χ0n) is 11.3. The maximum atomic E-state index is 12.9. The van der Waals surface area contributed by atoms with Crippen LogP contribution >= 0.6 is 0 Å². The van der Waals surface area contributed by atoms with Crippen molar-refractivity contribution < 1.29 is 4.39 Å². The lowest BCUT2D eigenvalue weighted by molar-refractivity contribution is 0.212.